The number of rotatable bonds is 11. The molecule has 0 aliphatic heterocycles. The summed E-state index contributed by atoms with van der Waals surface area (Å²) in [6.45, 7) is 1.12. The molecule has 7 nitrogen and oxygen atoms in total. The van der Waals surface area contributed by atoms with E-state index in [1.165, 1.54) is 53.4 Å². The van der Waals surface area contributed by atoms with Gasteiger partial charge in [-0.3, -0.25) is 13.9 Å². The summed E-state index contributed by atoms with van der Waals surface area (Å²) in [5.74, 6) is -1.37. The van der Waals surface area contributed by atoms with E-state index in [1.54, 1.807) is 31.2 Å². The number of sulfonamides is 1. The Bertz CT molecular complexity index is 1480. The maximum atomic E-state index is 14.2. The van der Waals surface area contributed by atoms with Gasteiger partial charge in [0.2, 0.25) is 11.8 Å². The van der Waals surface area contributed by atoms with Crippen LogP contribution in [0, 0.1) is 5.82 Å². The molecule has 1 aliphatic carbocycles. The third-order valence-corrected chi connectivity index (χ3v) is 10.00. The third-order valence-electron chi connectivity index (χ3n) is 7.41. The Kier molecular flexibility index (Phi) is 10.9. The highest BCUT2D eigenvalue weighted by molar-refractivity contribution is 7.92. The topological polar surface area (TPSA) is 86.8 Å². The third kappa shape index (κ3) is 7.62. The Morgan fingerprint density at radius 2 is 1.62 bits per heavy atom. The minimum Gasteiger partial charge on any atom is -0.352 e. The fourth-order valence-electron chi connectivity index (χ4n) is 5.17. The number of hydrogen-bond donors (Lipinski definition) is 1. The number of amides is 2. The van der Waals surface area contributed by atoms with Gasteiger partial charge in [-0.15, -0.1) is 0 Å². The van der Waals surface area contributed by atoms with Gasteiger partial charge in [0.15, 0.2) is 0 Å². The molecule has 4 rings (SSSR count). The highest BCUT2D eigenvalue weighted by Gasteiger charge is 2.35. The van der Waals surface area contributed by atoms with Crippen LogP contribution in [0.15, 0.2) is 77.7 Å². The van der Waals surface area contributed by atoms with Crippen molar-refractivity contribution in [1.82, 2.24) is 10.2 Å². The van der Waals surface area contributed by atoms with Gasteiger partial charge in [-0.2, -0.15) is 0 Å². The van der Waals surface area contributed by atoms with Crippen LogP contribution in [0.25, 0.3) is 0 Å². The van der Waals surface area contributed by atoms with Crippen LogP contribution in [-0.2, 0) is 26.2 Å². The lowest BCUT2D eigenvalue weighted by atomic mass is 9.95. The average Bonchev–Trinajstić information content (AvgIpc) is 2.99. The van der Waals surface area contributed by atoms with Gasteiger partial charge in [-0.1, -0.05) is 85.8 Å². The maximum Gasteiger partial charge on any atom is 0.264 e. The lowest BCUT2D eigenvalue weighted by Crippen LogP contribution is -2.54. The number of nitrogens with zero attached hydrogens (tertiary/aromatic N) is 2. The summed E-state index contributed by atoms with van der Waals surface area (Å²) < 4.78 is 42.4. The Morgan fingerprint density at radius 3 is 2.26 bits per heavy atom. The van der Waals surface area contributed by atoms with Crippen LogP contribution in [0.5, 0.6) is 0 Å². The molecular weight excluding hydrogens is 600 g/mol. The second-order valence-electron chi connectivity index (χ2n) is 10.3. The maximum absolute atomic E-state index is 14.2. The molecule has 1 unspecified atom stereocenters. The molecule has 2 amide bonds. The molecule has 1 saturated carbocycles. The molecular formula is C31H34Cl2FN3O4S. The van der Waals surface area contributed by atoms with Gasteiger partial charge in [0, 0.05) is 12.6 Å². The minimum absolute atomic E-state index is 0.0169. The summed E-state index contributed by atoms with van der Waals surface area (Å²) in [6, 6.07) is 17.0. The molecule has 0 bridgehead atoms. The summed E-state index contributed by atoms with van der Waals surface area (Å²) in [5.41, 5.74) is 0.620. The number of hydrogen-bond acceptors (Lipinski definition) is 4. The number of carbonyl (C=O) groups is 2. The molecule has 1 fully saturated rings. The van der Waals surface area contributed by atoms with Gasteiger partial charge in [0.05, 0.1) is 20.6 Å². The molecule has 1 aliphatic rings. The number of halogens is 3. The summed E-state index contributed by atoms with van der Waals surface area (Å²) in [4.78, 5) is 29.0. The molecule has 3 aromatic carbocycles. The summed E-state index contributed by atoms with van der Waals surface area (Å²) in [5, 5.41) is 3.19. The number of nitrogens with one attached hydrogen (secondary N) is 1. The van der Waals surface area contributed by atoms with E-state index in [0.717, 1.165) is 36.4 Å². The molecule has 0 heterocycles. The normalized spacial score (nSPS) is 14.7. The van der Waals surface area contributed by atoms with Crippen molar-refractivity contribution in [3.8, 4) is 0 Å². The van der Waals surface area contributed by atoms with Crippen molar-refractivity contribution in [2.45, 2.75) is 69.0 Å². The number of anilines is 1. The van der Waals surface area contributed by atoms with Gasteiger partial charge in [0.1, 0.15) is 18.4 Å². The molecule has 0 radical (unpaired) electrons. The van der Waals surface area contributed by atoms with E-state index in [-0.39, 0.29) is 45.5 Å². The van der Waals surface area contributed by atoms with Gasteiger partial charge in [0.25, 0.3) is 10.0 Å². The molecule has 1 atom stereocenters. The van der Waals surface area contributed by atoms with E-state index in [2.05, 4.69) is 5.32 Å². The van der Waals surface area contributed by atoms with Crippen molar-refractivity contribution >= 4 is 50.7 Å². The average molecular weight is 635 g/mol. The highest BCUT2D eigenvalue weighted by Crippen LogP contribution is 2.35. The van der Waals surface area contributed by atoms with E-state index in [0.29, 0.717) is 5.56 Å². The number of carbonyl (C=O) groups excluding carboxylic acids is 2. The summed E-state index contributed by atoms with van der Waals surface area (Å²) in [6.07, 6.45) is 5.18. The van der Waals surface area contributed by atoms with Gasteiger partial charge in [-0.25, -0.2) is 12.8 Å². The molecule has 0 saturated heterocycles. The first kappa shape index (κ1) is 31.8. The molecule has 224 valence electrons. The Hall–Kier alpha value is -3.14. The van der Waals surface area contributed by atoms with Crippen molar-refractivity contribution in [3.05, 3.63) is 94.2 Å². The lowest BCUT2D eigenvalue weighted by Gasteiger charge is -2.34. The molecule has 0 spiro atoms. The van der Waals surface area contributed by atoms with Crippen molar-refractivity contribution in [2.75, 3.05) is 10.8 Å². The fourth-order valence-corrected chi connectivity index (χ4v) is 7.06. The largest absolute Gasteiger partial charge is 0.352 e. The van der Waals surface area contributed by atoms with Crippen LogP contribution in [0.3, 0.4) is 0 Å². The van der Waals surface area contributed by atoms with Crippen molar-refractivity contribution in [1.29, 1.82) is 0 Å². The Morgan fingerprint density at radius 1 is 0.952 bits per heavy atom. The zero-order chi connectivity index (χ0) is 30.3. The standard InChI is InChI=1S/C31H34Cl2FN3O4S/c1-2-27(31(39)35-24-10-5-3-6-11-24)36(20-22-16-18-23(34)19-17-22)29(38)21-37(28-15-9-14-26(32)30(28)33)42(40,41)25-12-7-4-8-13-25/h4,7-9,12-19,24,27H,2-3,5-6,10-11,20-21H2,1H3,(H,35,39). The van der Waals surface area contributed by atoms with Gasteiger partial charge in [-0.05, 0) is 61.2 Å². The molecule has 11 heteroatoms. The zero-order valence-corrected chi connectivity index (χ0v) is 25.6. The fraction of sp³-hybridized carbons (Fsp3) is 0.355. The van der Waals surface area contributed by atoms with E-state index in [9.17, 15) is 22.4 Å². The van der Waals surface area contributed by atoms with E-state index >= 15 is 0 Å². The van der Waals surface area contributed by atoms with Gasteiger partial charge >= 0.3 is 0 Å². The monoisotopic (exact) mass is 633 g/mol. The summed E-state index contributed by atoms with van der Waals surface area (Å²) in [7, 11) is -4.28. The predicted molar refractivity (Wildman–Crippen MR) is 163 cm³/mol. The predicted octanol–water partition coefficient (Wildman–Crippen LogP) is 6.58. The lowest BCUT2D eigenvalue weighted by molar-refractivity contribution is -0.140. The van der Waals surface area contributed by atoms with Crippen LogP contribution in [-0.4, -0.2) is 43.8 Å². The van der Waals surface area contributed by atoms with Crippen LogP contribution < -0.4 is 9.62 Å². The van der Waals surface area contributed by atoms with Gasteiger partial charge < -0.3 is 10.2 Å². The second-order valence-corrected chi connectivity index (χ2v) is 13.0. The number of benzene rings is 3. The zero-order valence-electron chi connectivity index (χ0n) is 23.3. The van der Waals surface area contributed by atoms with Crippen LogP contribution in [0.4, 0.5) is 10.1 Å². The van der Waals surface area contributed by atoms with E-state index in [1.807, 2.05) is 0 Å². The van der Waals surface area contributed by atoms with Crippen LogP contribution in [0.2, 0.25) is 10.0 Å². The van der Waals surface area contributed by atoms with E-state index < -0.39 is 34.3 Å². The Labute approximate surface area is 256 Å². The molecule has 1 N–H and O–H groups in total. The first-order valence-electron chi connectivity index (χ1n) is 14.0. The summed E-state index contributed by atoms with van der Waals surface area (Å²) >= 11 is 12.7. The van der Waals surface area contributed by atoms with Crippen molar-refractivity contribution in [3.63, 3.8) is 0 Å². The quantitative estimate of drug-likeness (QED) is 0.258. The van der Waals surface area contributed by atoms with E-state index in [4.69, 9.17) is 23.2 Å². The first-order valence-corrected chi connectivity index (χ1v) is 16.2. The van der Waals surface area contributed by atoms with Crippen LogP contribution >= 0.6 is 23.2 Å². The first-order chi connectivity index (χ1) is 20.1. The molecule has 3 aromatic rings. The van der Waals surface area contributed by atoms with Crippen LogP contribution in [0.1, 0.15) is 51.0 Å². The Balaban J connectivity index is 1.72. The smallest absolute Gasteiger partial charge is 0.264 e. The second kappa shape index (κ2) is 14.4. The van der Waals surface area contributed by atoms with Crippen molar-refractivity contribution < 1.29 is 22.4 Å². The molecule has 42 heavy (non-hydrogen) atoms. The van der Waals surface area contributed by atoms with Crippen molar-refractivity contribution in [2.24, 2.45) is 0 Å². The minimum atomic E-state index is -4.28. The highest BCUT2D eigenvalue weighted by atomic mass is 35.5. The molecule has 0 aromatic heterocycles. The SMILES string of the molecule is CCC(C(=O)NC1CCCCC1)N(Cc1ccc(F)cc1)C(=O)CN(c1cccc(Cl)c1Cl)S(=O)(=O)c1ccccc1.